The quantitative estimate of drug-likeness (QED) is 0.330. The molecule has 2 N–H and O–H groups in total. The van der Waals surface area contributed by atoms with Crippen molar-refractivity contribution in [1.82, 2.24) is 15.5 Å². The standard InChI is InChI=1S/C24H33N5OS.HI/c1-28(2)22(30)17-25-24(27-21-10-9-18-6-3-4-7-19(18)16-21)26-20-11-13-29(14-12-20)23-8-5-15-31-23;/h3-8,15,20-21H,9-14,16-17H2,1-2H3,(H2,25,26,27);1H. The van der Waals surface area contributed by atoms with Crippen molar-refractivity contribution in [1.29, 1.82) is 0 Å². The van der Waals surface area contributed by atoms with E-state index in [0.29, 0.717) is 12.1 Å². The number of nitrogens with zero attached hydrogens (tertiary/aromatic N) is 3. The van der Waals surface area contributed by atoms with Gasteiger partial charge in [0.15, 0.2) is 5.96 Å². The minimum Gasteiger partial charge on any atom is -0.363 e. The van der Waals surface area contributed by atoms with E-state index in [1.54, 1.807) is 30.3 Å². The molecule has 1 aliphatic carbocycles. The van der Waals surface area contributed by atoms with Crippen LogP contribution in [0.4, 0.5) is 5.00 Å². The molecule has 0 saturated carbocycles. The van der Waals surface area contributed by atoms with Gasteiger partial charge in [-0.2, -0.15) is 0 Å². The lowest BCUT2D eigenvalue weighted by molar-refractivity contribution is -0.127. The van der Waals surface area contributed by atoms with Crippen LogP contribution < -0.4 is 15.5 Å². The Morgan fingerprint density at radius 1 is 1.06 bits per heavy atom. The summed E-state index contributed by atoms with van der Waals surface area (Å²) in [5.74, 6) is 0.789. The number of rotatable bonds is 5. The number of thiophene rings is 1. The second-order valence-electron chi connectivity index (χ2n) is 8.66. The molecule has 174 valence electrons. The largest absolute Gasteiger partial charge is 0.363 e. The number of nitrogens with one attached hydrogen (secondary N) is 2. The second-order valence-corrected chi connectivity index (χ2v) is 9.59. The number of halogens is 1. The molecule has 1 fully saturated rings. The predicted molar refractivity (Wildman–Crippen MR) is 144 cm³/mol. The van der Waals surface area contributed by atoms with Crippen molar-refractivity contribution in [2.45, 2.75) is 44.2 Å². The maximum absolute atomic E-state index is 12.1. The van der Waals surface area contributed by atoms with Gasteiger partial charge < -0.3 is 20.4 Å². The number of carbonyl (C=O) groups is 1. The highest BCUT2D eigenvalue weighted by Gasteiger charge is 2.23. The Morgan fingerprint density at radius 3 is 2.47 bits per heavy atom. The van der Waals surface area contributed by atoms with Crippen LogP contribution in [-0.2, 0) is 17.6 Å². The third-order valence-electron chi connectivity index (χ3n) is 6.21. The first kappa shape index (κ1) is 24.8. The van der Waals surface area contributed by atoms with E-state index in [1.807, 2.05) is 0 Å². The van der Waals surface area contributed by atoms with Crippen LogP contribution in [-0.4, -0.2) is 62.6 Å². The number of hydrogen-bond acceptors (Lipinski definition) is 4. The molecule has 2 heterocycles. The topological polar surface area (TPSA) is 60.0 Å². The Labute approximate surface area is 212 Å². The van der Waals surface area contributed by atoms with Crippen LogP contribution >= 0.6 is 35.3 Å². The van der Waals surface area contributed by atoms with E-state index in [1.165, 1.54) is 16.1 Å². The highest BCUT2D eigenvalue weighted by atomic mass is 127. The zero-order valence-corrected chi connectivity index (χ0v) is 22.1. The lowest BCUT2D eigenvalue weighted by Gasteiger charge is -2.34. The molecule has 4 rings (SSSR count). The van der Waals surface area contributed by atoms with Gasteiger partial charge in [0.2, 0.25) is 5.91 Å². The van der Waals surface area contributed by atoms with E-state index in [0.717, 1.165) is 51.2 Å². The summed E-state index contributed by atoms with van der Waals surface area (Å²) in [6.45, 7) is 2.25. The molecular weight excluding hydrogens is 533 g/mol. The molecule has 1 amide bonds. The maximum atomic E-state index is 12.1. The summed E-state index contributed by atoms with van der Waals surface area (Å²) in [6, 6.07) is 13.7. The van der Waals surface area contributed by atoms with Crippen molar-refractivity contribution in [2.24, 2.45) is 4.99 Å². The molecule has 0 bridgehead atoms. The van der Waals surface area contributed by atoms with Crippen LogP contribution in [0.5, 0.6) is 0 Å². The number of aryl methyl sites for hydroxylation is 1. The molecule has 0 spiro atoms. The SMILES string of the molecule is CN(C)C(=O)CN=C(NC1CCN(c2cccs2)CC1)NC1CCc2ccccc2C1.I. The van der Waals surface area contributed by atoms with E-state index < -0.39 is 0 Å². The lowest BCUT2D eigenvalue weighted by atomic mass is 9.88. The Balaban J connectivity index is 0.00000289. The van der Waals surface area contributed by atoms with Gasteiger partial charge in [-0.05, 0) is 60.7 Å². The highest BCUT2D eigenvalue weighted by Crippen LogP contribution is 2.25. The number of amides is 1. The fraction of sp³-hybridized carbons (Fsp3) is 0.500. The van der Waals surface area contributed by atoms with Crippen LogP contribution in [0.25, 0.3) is 0 Å². The summed E-state index contributed by atoms with van der Waals surface area (Å²) in [7, 11) is 3.55. The fourth-order valence-corrected chi connectivity index (χ4v) is 5.11. The molecule has 6 nitrogen and oxygen atoms in total. The third kappa shape index (κ3) is 6.60. The molecule has 1 atom stereocenters. The minimum atomic E-state index is 0. The second kappa shape index (κ2) is 11.9. The fourth-order valence-electron chi connectivity index (χ4n) is 4.32. The summed E-state index contributed by atoms with van der Waals surface area (Å²) in [4.78, 5) is 20.8. The summed E-state index contributed by atoms with van der Waals surface area (Å²) in [6.07, 6.45) is 5.28. The van der Waals surface area contributed by atoms with Gasteiger partial charge in [0.1, 0.15) is 6.54 Å². The number of benzene rings is 1. The van der Waals surface area contributed by atoms with Crippen LogP contribution in [0.1, 0.15) is 30.4 Å². The van der Waals surface area contributed by atoms with E-state index in [4.69, 9.17) is 0 Å². The maximum Gasteiger partial charge on any atom is 0.243 e. The van der Waals surface area contributed by atoms with Crippen LogP contribution in [0.2, 0.25) is 0 Å². The molecule has 1 aromatic heterocycles. The monoisotopic (exact) mass is 567 g/mol. The summed E-state index contributed by atoms with van der Waals surface area (Å²) >= 11 is 1.80. The van der Waals surface area contributed by atoms with Crippen LogP contribution in [0.15, 0.2) is 46.8 Å². The molecule has 1 aromatic carbocycles. The molecule has 2 aromatic rings. The first-order valence-corrected chi connectivity index (χ1v) is 12.1. The van der Waals surface area contributed by atoms with Crippen molar-refractivity contribution in [3.05, 3.63) is 52.9 Å². The van der Waals surface area contributed by atoms with Gasteiger partial charge in [-0.25, -0.2) is 4.99 Å². The molecule has 1 unspecified atom stereocenters. The molecular formula is C24H34IN5OS. The molecule has 32 heavy (non-hydrogen) atoms. The number of piperidine rings is 1. The summed E-state index contributed by atoms with van der Waals surface area (Å²) in [5.41, 5.74) is 2.87. The van der Waals surface area contributed by atoms with E-state index >= 15 is 0 Å². The van der Waals surface area contributed by atoms with Crippen LogP contribution in [0, 0.1) is 0 Å². The van der Waals surface area contributed by atoms with Gasteiger partial charge in [0.05, 0.1) is 5.00 Å². The third-order valence-corrected chi connectivity index (χ3v) is 7.14. The molecule has 1 saturated heterocycles. The summed E-state index contributed by atoms with van der Waals surface area (Å²) in [5, 5.41) is 10.8. The molecule has 0 radical (unpaired) electrons. The first-order chi connectivity index (χ1) is 15.1. The molecule has 8 heteroatoms. The average molecular weight is 568 g/mol. The minimum absolute atomic E-state index is 0. The zero-order valence-electron chi connectivity index (χ0n) is 18.9. The predicted octanol–water partition coefficient (Wildman–Crippen LogP) is 3.52. The van der Waals surface area contributed by atoms with Gasteiger partial charge in [0, 0.05) is 39.3 Å². The van der Waals surface area contributed by atoms with Crippen LogP contribution in [0.3, 0.4) is 0 Å². The van der Waals surface area contributed by atoms with Gasteiger partial charge in [-0.15, -0.1) is 35.3 Å². The summed E-state index contributed by atoms with van der Waals surface area (Å²) < 4.78 is 0. The van der Waals surface area contributed by atoms with Crippen molar-refractivity contribution < 1.29 is 4.79 Å². The number of anilines is 1. The van der Waals surface area contributed by atoms with Gasteiger partial charge >= 0.3 is 0 Å². The Bertz CT molecular complexity index is 894. The number of carbonyl (C=O) groups excluding carboxylic acids is 1. The molecule has 1 aliphatic heterocycles. The average Bonchev–Trinajstić information content (AvgIpc) is 3.32. The lowest BCUT2D eigenvalue weighted by Crippen LogP contribution is -2.52. The number of guanidine groups is 1. The van der Waals surface area contributed by atoms with Crippen molar-refractivity contribution in [2.75, 3.05) is 38.6 Å². The first-order valence-electron chi connectivity index (χ1n) is 11.2. The van der Waals surface area contributed by atoms with E-state index in [-0.39, 0.29) is 36.4 Å². The van der Waals surface area contributed by atoms with Gasteiger partial charge in [-0.3, -0.25) is 4.79 Å². The van der Waals surface area contributed by atoms with E-state index in [2.05, 4.69) is 62.3 Å². The zero-order chi connectivity index (χ0) is 21.6. The number of aliphatic imine (C=N–C) groups is 1. The van der Waals surface area contributed by atoms with Gasteiger partial charge in [-0.1, -0.05) is 24.3 Å². The smallest absolute Gasteiger partial charge is 0.243 e. The van der Waals surface area contributed by atoms with Crippen molar-refractivity contribution in [3.63, 3.8) is 0 Å². The Morgan fingerprint density at radius 2 is 1.78 bits per heavy atom. The Kier molecular flexibility index (Phi) is 9.22. The Hall–Kier alpha value is -1.81. The highest BCUT2D eigenvalue weighted by molar-refractivity contribution is 14.0. The number of hydrogen-bond donors (Lipinski definition) is 2. The number of fused-ring (bicyclic) bond motifs is 1. The van der Waals surface area contributed by atoms with Crippen molar-refractivity contribution in [3.8, 4) is 0 Å². The van der Waals surface area contributed by atoms with Crippen molar-refractivity contribution >= 4 is 52.2 Å². The van der Waals surface area contributed by atoms with Gasteiger partial charge in [0.25, 0.3) is 0 Å². The molecule has 2 aliphatic rings. The normalized spacial score (nSPS) is 19.0. The number of likely N-dealkylation sites (N-methyl/N-ethyl adjacent to an activating group) is 1. The van der Waals surface area contributed by atoms with E-state index in [9.17, 15) is 4.79 Å².